The fourth-order valence-corrected chi connectivity index (χ4v) is 4.58. The van der Waals surface area contributed by atoms with Gasteiger partial charge in [-0.1, -0.05) is 17.7 Å². The molecule has 34 heavy (non-hydrogen) atoms. The van der Waals surface area contributed by atoms with Gasteiger partial charge in [-0.2, -0.15) is 0 Å². The number of nitrogens with one attached hydrogen (secondary N) is 1. The van der Waals surface area contributed by atoms with Crippen LogP contribution in [0.25, 0.3) is 10.9 Å². The first-order valence-corrected chi connectivity index (χ1v) is 11.4. The van der Waals surface area contributed by atoms with E-state index in [0.717, 1.165) is 31.8 Å². The number of benzene rings is 2. The molecule has 2 aromatic carbocycles. The molecule has 0 amide bonds. The smallest absolute Gasteiger partial charge is 0.159 e. The van der Waals surface area contributed by atoms with Gasteiger partial charge in [0.05, 0.1) is 30.4 Å². The number of methoxy groups -OCH3 is 1. The summed E-state index contributed by atoms with van der Waals surface area (Å²) in [6.45, 7) is 3.53. The van der Waals surface area contributed by atoms with Crippen LogP contribution in [-0.4, -0.2) is 60.1 Å². The zero-order valence-corrected chi connectivity index (χ0v) is 19.4. The molecule has 2 saturated heterocycles. The molecule has 2 atom stereocenters. The Labute approximate surface area is 201 Å². The van der Waals surface area contributed by atoms with Gasteiger partial charge in [0.2, 0.25) is 0 Å². The van der Waals surface area contributed by atoms with Crippen molar-refractivity contribution < 1.29 is 18.7 Å². The van der Waals surface area contributed by atoms with E-state index < -0.39 is 5.82 Å². The molecule has 0 bridgehead atoms. The second-order valence-corrected chi connectivity index (χ2v) is 8.96. The van der Waals surface area contributed by atoms with Crippen molar-refractivity contribution in [3.63, 3.8) is 0 Å². The SMILES string of the molecule is COc1cc2ncnc(Nc3ccc(F)c(Cl)c3)c2cc1CC(=O)/C=C/CN1CC2COC2C1. The van der Waals surface area contributed by atoms with E-state index in [1.807, 2.05) is 12.1 Å². The lowest BCUT2D eigenvalue weighted by Gasteiger charge is -2.28. The van der Waals surface area contributed by atoms with Gasteiger partial charge in [-0.05, 0) is 30.3 Å². The highest BCUT2D eigenvalue weighted by Crippen LogP contribution is 2.31. The molecule has 0 radical (unpaired) electrons. The number of nitrogens with zero attached hydrogens (tertiary/aromatic N) is 3. The molecule has 3 aromatic rings. The highest BCUT2D eigenvalue weighted by atomic mass is 35.5. The van der Waals surface area contributed by atoms with Gasteiger partial charge in [0.25, 0.3) is 0 Å². The van der Waals surface area contributed by atoms with Gasteiger partial charge in [-0.3, -0.25) is 9.69 Å². The molecule has 2 aliphatic heterocycles. The Morgan fingerprint density at radius 3 is 2.91 bits per heavy atom. The van der Waals surface area contributed by atoms with Gasteiger partial charge >= 0.3 is 0 Å². The van der Waals surface area contributed by atoms with Crippen molar-refractivity contribution in [2.45, 2.75) is 12.5 Å². The number of ether oxygens (including phenoxy) is 2. The zero-order valence-electron chi connectivity index (χ0n) is 18.6. The zero-order chi connectivity index (χ0) is 23.7. The normalized spacial score (nSPS) is 19.9. The highest BCUT2D eigenvalue weighted by Gasteiger charge is 2.40. The van der Waals surface area contributed by atoms with E-state index >= 15 is 0 Å². The fourth-order valence-electron chi connectivity index (χ4n) is 4.40. The van der Waals surface area contributed by atoms with Crippen molar-refractivity contribution in [1.82, 2.24) is 14.9 Å². The van der Waals surface area contributed by atoms with Crippen molar-refractivity contribution in [3.8, 4) is 5.75 Å². The molecule has 2 fully saturated rings. The average molecular weight is 483 g/mol. The number of rotatable bonds is 8. The molecular formula is C25H24ClFN4O3. The summed E-state index contributed by atoms with van der Waals surface area (Å²) in [6, 6.07) is 7.98. The lowest BCUT2D eigenvalue weighted by Crippen LogP contribution is -2.37. The quantitative estimate of drug-likeness (QED) is 0.483. The number of likely N-dealkylation sites (tertiary alicyclic amines) is 1. The van der Waals surface area contributed by atoms with E-state index in [0.29, 0.717) is 40.2 Å². The standard InChI is InChI=1S/C25H24ClFN4O3/c1-33-23-10-22-19(25(29-14-28-22)30-17-4-5-21(27)20(26)9-17)8-15(23)7-18(32)3-2-6-31-11-16-13-34-24(16)12-31/h2-5,8-10,14,16,24H,6-7,11-13H2,1H3,(H,28,29,30)/b3-2+. The van der Waals surface area contributed by atoms with Crippen LogP contribution >= 0.6 is 11.6 Å². The number of hydrogen-bond acceptors (Lipinski definition) is 7. The molecule has 1 aromatic heterocycles. The first kappa shape index (κ1) is 22.7. The van der Waals surface area contributed by atoms with E-state index in [9.17, 15) is 9.18 Å². The Kier molecular flexibility index (Phi) is 6.45. The minimum atomic E-state index is -0.497. The molecule has 2 unspecified atom stereocenters. The number of carbonyl (C=O) groups excluding carboxylic acids is 1. The molecule has 3 heterocycles. The summed E-state index contributed by atoms with van der Waals surface area (Å²) in [7, 11) is 1.57. The largest absolute Gasteiger partial charge is 0.496 e. The predicted octanol–water partition coefficient (Wildman–Crippen LogP) is 4.17. The number of halogens is 2. The Hall–Kier alpha value is -3.07. The van der Waals surface area contributed by atoms with Gasteiger partial charge in [0.15, 0.2) is 5.78 Å². The number of allylic oxidation sites excluding steroid dienone is 1. The molecular weight excluding hydrogens is 459 g/mol. The van der Waals surface area contributed by atoms with Crippen LogP contribution in [0, 0.1) is 11.7 Å². The number of aromatic nitrogens is 2. The van der Waals surface area contributed by atoms with Gasteiger partial charge in [0, 0.05) is 54.7 Å². The third-order valence-corrected chi connectivity index (χ3v) is 6.52. The Balaban J connectivity index is 1.33. The van der Waals surface area contributed by atoms with Gasteiger partial charge in [-0.15, -0.1) is 0 Å². The second-order valence-electron chi connectivity index (χ2n) is 8.55. The van der Waals surface area contributed by atoms with Crippen LogP contribution in [0.5, 0.6) is 5.75 Å². The van der Waals surface area contributed by atoms with E-state index in [1.165, 1.54) is 18.5 Å². The molecule has 7 nitrogen and oxygen atoms in total. The van der Waals surface area contributed by atoms with Crippen molar-refractivity contribution in [2.75, 3.05) is 38.7 Å². The maximum absolute atomic E-state index is 13.5. The average Bonchev–Trinajstić information content (AvgIpc) is 3.09. The summed E-state index contributed by atoms with van der Waals surface area (Å²) in [5.74, 6) is 1.22. The summed E-state index contributed by atoms with van der Waals surface area (Å²) in [5, 5.41) is 3.88. The van der Waals surface area contributed by atoms with Crippen molar-refractivity contribution in [3.05, 3.63) is 65.2 Å². The van der Waals surface area contributed by atoms with Gasteiger partial charge < -0.3 is 14.8 Å². The first-order valence-electron chi connectivity index (χ1n) is 11.1. The van der Waals surface area contributed by atoms with Crippen LogP contribution < -0.4 is 10.1 Å². The van der Waals surface area contributed by atoms with Crippen LogP contribution in [0.2, 0.25) is 5.02 Å². The molecule has 1 N–H and O–H groups in total. The second kappa shape index (κ2) is 9.66. The van der Waals surface area contributed by atoms with Crippen LogP contribution in [0.4, 0.5) is 15.9 Å². The summed E-state index contributed by atoms with van der Waals surface area (Å²) in [4.78, 5) is 23.6. The maximum atomic E-state index is 13.5. The van der Waals surface area contributed by atoms with Crippen LogP contribution in [-0.2, 0) is 16.0 Å². The van der Waals surface area contributed by atoms with Crippen LogP contribution in [0.1, 0.15) is 5.56 Å². The van der Waals surface area contributed by atoms with Gasteiger partial charge in [-0.25, -0.2) is 14.4 Å². The molecule has 2 aliphatic rings. The first-order chi connectivity index (χ1) is 16.5. The Morgan fingerprint density at radius 1 is 1.32 bits per heavy atom. The number of ketones is 1. The summed E-state index contributed by atoms with van der Waals surface area (Å²) >= 11 is 5.90. The predicted molar refractivity (Wildman–Crippen MR) is 128 cm³/mol. The van der Waals surface area contributed by atoms with Crippen molar-refractivity contribution in [2.24, 2.45) is 5.92 Å². The molecule has 5 rings (SSSR count). The highest BCUT2D eigenvalue weighted by molar-refractivity contribution is 6.31. The van der Waals surface area contributed by atoms with E-state index in [1.54, 1.807) is 25.3 Å². The monoisotopic (exact) mass is 482 g/mol. The Bertz CT molecular complexity index is 1260. The molecule has 0 aliphatic carbocycles. The lowest BCUT2D eigenvalue weighted by atomic mass is 10.0. The van der Waals surface area contributed by atoms with Crippen molar-refractivity contribution in [1.29, 1.82) is 0 Å². The van der Waals surface area contributed by atoms with E-state index in [2.05, 4.69) is 20.2 Å². The maximum Gasteiger partial charge on any atom is 0.159 e. The number of carbonyl (C=O) groups is 1. The third kappa shape index (κ3) is 4.75. The molecule has 0 saturated carbocycles. The molecule has 0 spiro atoms. The lowest BCUT2D eigenvalue weighted by molar-refractivity contribution is -0.114. The van der Waals surface area contributed by atoms with Crippen molar-refractivity contribution >= 4 is 39.8 Å². The van der Waals surface area contributed by atoms with Crippen LogP contribution in [0.15, 0.2) is 48.8 Å². The fraction of sp³-hybridized carbons (Fsp3) is 0.320. The molecule has 9 heteroatoms. The minimum absolute atomic E-state index is 0.0113. The summed E-state index contributed by atoms with van der Waals surface area (Å²) < 4.78 is 24.6. The number of anilines is 2. The topological polar surface area (TPSA) is 76.6 Å². The third-order valence-electron chi connectivity index (χ3n) is 6.23. The van der Waals surface area contributed by atoms with E-state index in [-0.39, 0.29) is 17.2 Å². The summed E-state index contributed by atoms with van der Waals surface area (Å²) in [5.41, 5.74) is 1.97. The number of hydrogen-bond donors (Lipinski definition) is 1. The molecule has 176 valence electrons. The minimum Gasteiger partial charge on any atom is -0.496 e. The van der Waals surface area contributed by atoms with Crippen LogP contribution in [0.3, 0.4) is 0 Å². The summed E-state index contributed by atoms with van der Waals surface area (Å²) in [6.07, 6.45) is 5.52. The number of fused-ring (bicyclic) bond motifs is 2. The van der Waals surface area contributed by atoms with Gasteiger partial charge in [0.1, 0.15) is 23.7 Å². The van der Waals surface area contributed by atoms with E-state index in [4.69, 9.17) is 21.1 Å². The Morgan fingerprint density at radius 2 is 2.21 bits per heavy atom.